The van der Waals surface area contributed by atoms with Gasteiger partial charge in [-0.05, 0) is 23.3 Å². The third-order valence-electron chi connectivity index (χ3n) is 2.41. The maximum absolute atomic E-state index is 12.5. The molecule has 0 aliphatic carbocycles. The molecule has 3 nitrogen and oxygen atoms in total. The second-order valence-electron chi connectivity index (χ2n) is 3.91. The number of amides is 1. The molecule has 0 unspecified atom stereocenters. The first-order valence-corrected chi connectivity index (χ1v) is 5.56. The zero-order chi connectivity index (χ0) is 14.5. The fourth-order valence-electron chi connectivity index (χ4n) is 1.47. The molecule has 0 saturated heterocycles. The summed E-state index contributed by atoms with van der Waals surface area (Å²) in [5, 5.41) is 11.6. The first-order chi connectivity index (χ1) is 8.84. The lowest BCUT2D eigenvalue weighted by Gasteiger charge is -2.10. The maximum atomic E-state index is 12.5. The summed E-state index contributed by atoms with van der Waals surface area (Å²) >= 11 is 0. The lowest BCUT2D eigenvalue weighted by molar-refractivity contribution is -0.137. The Morgan fingerprint density at radius 2 is 2.11 bits per heavy atom. The minimum atomic E-state index is -4.43. The van der Waals surface area contributed by atoms with Crippen LogP contribution in [0.5, 0.6) is 0 Å². The highest BCUT2D eigenvalue weighted by Gasteiger charge is 2.30. The molecule has 0 saturated carbocycles. The van der Waals surface area contributed by atoms with E-state index >= 15 is 0 Å². The Morgan fingerprint density at radius 3 is 2.63 bits per heavy atom. The molecule has 1 aromatic rings. The van der Waals surface area contributed by atoms with E-state index in [1.54, 1.807) is 12.2 Å². The standard InChI is InChI=1S/C13H14F3NO2/c1-9(19)17-6-2-3-10-4-5-12(13(14,15)16)7-11(10)8-18/h2-5,7,18H,6,8H2,1H3,(H,17,19). The second-order valence-corrected chi connectivity index (χ2v) is 3.91. The van der Waals surface area contributed by atoms with Crippen molar-refractivity contribution < 1.29 is 23.1 Å². The fraction of sp³-hybridized carbons (Fsp3) is 0.308. The van der Waals surface area contributed by atoms with Crippen molar-refractivity contribution >= 4 is 12.0 Å². The molecule has 1 rings (SSSR count). The Balaban J connectivity index is 2.87. The number of nitrogens with one attached hydrogen (secondary N) is 1. The Hall–Kier alpha value is -1.82. The topological polar surface area (TPSA) is 49.3 Å². The number of alkyl halides is 3. The van der Waals surface area contributed by atoms with Gasteiger partial charge in [0.1, 0.15) is 0 Å². The minimum absolute atomic E-state index is 0.189. The number of benzene rings is 1. The van der Waals surface area contributed by atoms with Gasteiger partial charge in [0.05, 0.1) is 12.2 Å². The molecule has 6 heteroatoms. The Kier molecular flexibility index (Phi) is 5.11. The molecule has 0 aliphatic heterocycles. The molecule has 0 aliphatic rings. The number of halogens is 3. The van der Waals surface area contributed by atoms with Crippen molar-refractivity contribution in [2.45, 2.75) is 19.7 Å². The Morgan fingerprint density at radius 1 is 1.42 bits per heavy atom. The van der Waals surface area contributed by atoms with E-state index in [0.29, 0.717) is 5.56 Å². The number of aliphatic hydroxyl groups excluding tert-OH is 1. The van der Waals surface area contributed by atoms with Crippen molar-refractivity contribution in [2.24, 2.45) is 0 Å². The summed E-state index contributed by atoms with van der Waals surface area (Å²) in [7, 11) is 0. The van der Waals surface area contributed by atoms with E-state index in [1.807, 2.05) is 0 Å². The minimum Gasteiger partial charge on any atom is -0.392 e. The van der Waals surface area contributed by atoms with Gasteiger partial charge < -0.3 is 10.4 Å². The van der Waals surface area contributed by atoms with Crippen LogP contribution in [0.4, 0.5) is 13.2 Å². The van der Waals surface area contributed by atoms with Crippen LogP contribution in [0.3, 0.4) is 0 Å². The first kappa shape index (κ1) is 15.2. The van der Waals surface area contributed by atoms with Gasteiger partial charge in [-0.1, -0.05) is 18.2 Å². The Labute approximate surface area is 108 Å². The van der Waals surface area contributed by atoms with Crippen LogP contribution < -0.4 is 5.32 Å². The number of carbonyl (C=O) groups excluding carboxylic acids is 1. The lowest BCUT2D eigenvalue weighted by Crippen LogP contribution is -2.19. The number of rotatable bonds is 4. The van der Waals surface area contributed by atoms with Gasteiger partial charge in [0.25, 0.3) is 0 Å². The molecule has 1 aromatic carbocycles. The molecular formula is C13H14F3NO2. The molecule has 1 amide bonds. The third-order valence-corrected chi connectivity index (χ3v) is 2.41. The fourth-order valence-corrected chi connectivity index (χ4v) is 1.47. The quantitative estimate of drug-likeness (QED) is 0.884. The summed E-state index contributed by atoms with van der Waals surface area (Å²) in [5.41, 5.74) is -0.120. The van der Waals surface area contributed by atoms with E-state index < -0.39 is 18.3 Å². The van der Waals surface area contributed by atoms with Gasteiger partial charge in [-0.2, -0.15) is 13.2 Å². The number of carbonyl (C=O) groups is 1. The van der Waals surface area contributed by atoms with Crippen LogP contribution >= 0.6 is 0 Å². The van der Waals surface area contributed by atoms with E-state index in [9.17, 15) is 18.0 Å². The van der Waals surface area contributed by atoms with E-state index in [4.69, 9.17) is 5.11 Å². The van der Waals surface area contributed by atoms with Crippen LogP contribution in [0, 0.1) is 0 Å². The van der Waals surface area contributed by atoms with Crippen LogP contribution in [0.1, 0.15) is 23.6 Å². The van der Waals surface area contributed by atoms with Gasteiger partial charge in [0, 0.05) is 13.5 Å². The summed E-state index contributed by atoms with van der Waals surface area (Å²) in [5.74, 6) is -0.195. The van der Waals surface area contributed by atoms with E-state index in [-0.39, 0.29) is 18.0 Å². The van der Waals surface area contributed by atoms with Gasteiger partial charge >= 0.3 is 6.18 Å². The lowest BCUT2D eigenvalue weighted by atomic mass is 10.0. The van der Waals surface area contributed by atoms with Crippen LogP contribution in [0.25, 0.3) is 6.08 Å². The summed E-state index contributed by atoms with van der Waals surface area (Å²) in [4.78, 5) is 10.6. The molecule has 0 atom stereocenters. The van der Waals surface area contributed by atoms with Crippen molar-refractivity contribution in [3.63, 3.8) is 0 Å². The van der Waals surface area contributed by atoms with Crippen LogP contribution in [-0.4, -0.2) is 17.6 Å². The van der Waals surface area contributed by atoms with E-state index in [0.717, 1.165) is 12.1 Å². The van der Waals surface area contributed by atoms with Crippen molar-refractivity contribution in [2.75, 3.05) is 6.54 Å². The predicted molar refractivity (Wildman–Crippen MR) is 65.1 cm³/mol. The average molecular weight is 273 g/mol. The molecule has 0 heterocycles. The SMILES string of the molecule is CC(=O)NCC=Cc1ccc(C(F)(F)F)cc1CO. The highest BCUT2D eigenvalue weighted by atomic mass is 19.4. The third kappa shape index (κ3) is 4.75. The zero-order valence-electron chi connectivity index (χ0n) is 10.3. The largest absolute Gasteiger partial charge is 0.416 e. The average Bonchev–Trinajstić information content (AvgIpc) is 2.33. The summed E-state index contributed by atoms with van der Waals surface area (Å²) in [6.45, 7) is 1.16. The maximum Gasteiger partial charge on any atom is 0.416 e. The summed E-state index contributed by atoms with van der Waals surface area (Å²) in [6.07, 6.45) is -1.27. The first-order valence-electron chi connectivity index (χ1n) is 5.56. The van der Waals surface area contributed by atoms with Gasteiger partial charge in [0.15, 0.2) is 0 Å². The predicted octanol–water partition coefficient (Wildman–Crippen LogP) is 2.35. The van der Waals surface area contributed by atoms with Crippen molar-refractivity contribution in [1.29, 1.82) is 0 Å². The normalized spacial score (nSPS) is 11.8. The highest BCUT2D eigenvalue weighted by molar-refractivity contribution is 5.73. The molecule has 0 fully saturated rings. The number of aliphatic hydroxyl groups is 1. The van der Waals surface area contributed by atoms with E-state index in [1.165, 1.54) is 13.0 Å². The van der Waals surface area contributed by atoms with Crippen molar-refractivity contribution in [1.82, 2.24) is 5.32 Å². The molecule has 0 aromatic heterocycles. The van der Waals surface area contributed by atoms with Crippen molar-refractivity contribution in [3.05, 3.63) is 41.0 Å². The number of hydrogen-bond acceptors (Lipinski definition) is 2. The highest BCUT2D eigenvalue weighted by Crippen LogP contribution is 2.30. The van der Waals surface area contributed by atoms with Gasteiger partial charge in [-0.3, -0.25) is 4.79 Å². The molecule has 104 valence electrons. The van der Waals surface area contributed by atoms with Crippen LogP contribution in [-0.2, 0) is 17.6 Å². The second kappa shape index (κ2) is 6.38. The van der Waals surface area contributed by atoms with Crippen molar-refractivity contribution in [3.8, 4) is 0 Å². The molecule has 19 heavy (non-hydrogen) atoms. The van der Waals surface area contributed by atoms with Crippen LogP contribution in [0.15, 0.2) is 24.3 Å². The van der Waals surface area contributed by atoms with Gasteiger partial charge in [-0.25, -0.2) is 0 Å². The monoisotopic (exact) mass is 273 g/mol. The summed E-state index contributed by atoms with van der Waals surface area (Å²) in [6, 6.07) is 3.16. The zero-order valence-corrected chi connectivity index (χ0v) is 10.3. The molecular weight excluding hydrogens is 259 g/mol. The van der Waals surface area contributed by atoms with Gasteiger partial charge in [-0.15, -0.1) is 0 Å². The molecule has 2 N–H and O–H groups in total. The van der Waals surface area contributed by atoms with Gasteiger partial charge in [0.2, 0.25) is 5.91 Å². The molecule has 0 bridgehead atoms. The van der Waals surface area contributed by atoms with Crippen LogP contribution in [0.2, 0.25) is 0 Å². The summed E-state index contributed by atoms with van der Waals surface area (Å²) < 4.78 is 37.5. The number of hydrogen-bond donors (Lipinski definition) is 2. The Bertz CT molecular complexity index is 481. The smallest absolute Gasteiger partial charge is 0.392 e. The molecule has 0 radical (unpaired) electrons. The molecule has 0 spiro atoms. The van der Waals surface area contributed by atoms with E-state index in [2.05, 4.69) is 5.32 Å².